The van der Waals surface area contributed by atoms with Gasteiger partial charge in [0, 0.05) is 24.3 Å². The molecule has 0 aliphatic carbocycles. The standard InChI is InChI=1S/C20H25N3O4/c1-20(2)12-15(10-11-27-20)21-18(24)13-23-19(25)9-8-17(22-23)14-4-6-16(26-3)7-5-14/h4-9,15H,10-13H2,1-3H3,(H,21,24). The molecule has 1 N–H and O–H groups in total. The molecule has 3 rings (SSSR count). The fraction of sp³-hybridized carbons (Fsp3) is 0.450. The number of methoxy groups -OCH3 is 1. The van der Waals surface area contributed by atoms with Crippen LogP contribution >= 0.6 is 0 Å². The number of amides is 1. The Morgan fingerprint density at radius 1 is 1.30 bits per heavy atom. The number of aromatic nitrogens is 2. The van der Waals surface area contributed by atoms with Crippen molar-refractivity contribution in [3.63, 3.8) is 0 Å². The van der Waals surface area contributed by atoms with Crippen LogP contribution in [0.2, 0.25) is 0 Å². The molecular weight excluding hydrogens is 346 g/mol. The van der Waals surface area contributed by atoms with E-state index >= 15 is 0 Å². The Balaban J connectivity index is 1.70. The maximum absolute atomic E-state index is 12.4. The van der Waals surface area contributed by atoms with Crippen molar-refractivity contribution in [2.45, 2.75) is 44.9 Å². The molecule has 0 saturated carbocycles. The van der Waals surface area contributed by atoms with Gasteiger partial charge in [-0.1, -0.05) is 0 Å². The molecule has 1 saturated heterocycles. The molecule has 1 amide bonds. The summed E-state index contributed by atoms with van der Waals surface area (Å²) in [5, 5.41) is 7.33. The lowest BCUT2D eigenvalue weighted by Gasteiger charge is -2.35. The molecule has 7 heteroatoms. The molecule has 2 heterocycles. The van der Waals surface area contributed by atoms with Crippen LogP contribution in [0, 0.1) is 0 Å². The highest BCUT2D eigenvalue weighted by Crippen LogP contribution is 2.24. The van der Waals surface area contributed by atoms with Gasteiger partial charge in [-0.2, -0.15) is 5.10 Å². The summed E-state index contributed by atoms with van der Waals surface area (Å²) < 4.78 is 12.0. The number of hydrogen-bond donors (Lipinski definition) is 1. The number of nitrogens with one attached hydrogen (secondary N) is 1. The first kappa shape index (κ1) is 19.1. The van der Waals surface area contributed by atoms with Crippen LogP contribution in [0.3, 0.4) is 0 Å². The van der Waals surface area contributed by atoms with Crippen LogP contribution in [-0.2, 0) is 16.1 Å². The number of carbonyl (C=O) groups is 1. The van der Waals surface area contributed by atoms with Gasteiger partial charge in [-0.05, 0) is 57.0 Å². The molecule has 27 heavy (non-hydrogen) atoms. The lowest BCUT2D eigenvalue weighted by Crippen LogP contribution is -2.47. The van der Waals surface area contributed by atoms with E-state index in [0.717, 1.165) is 24.2 Å². The predicted octanol–water partition coefficient (Wildman–Crippen LogP) is 1.99. The molecule has 1 atom stereocenters. The largest absolute Gasteiger partial charge is 0.497 e. The highest BCUT2D eigenvalue weighted by atomic mass is 16.5. The second-order valence-electron chi connectivity index (χ2n) is 7.31. The summed E-state index contributed by atoms with van der Waals surface area (Å²) in [6.07, 6.45) is 1.51. The van der Waals surface area contributed by atoms with Gasteiger partial charge < -0.3 is 14.8 Å². The molecule has 2 aromatic rings. The molecule has 1 aliphatic rings. The number of hydrogen-bond acceptors (Lipinski definition) is 5. The van der Waals surface area contributed by atoms with E-state index in [1.54, 1.807) is 13.2 Å². The number of carbonyl (C=O) groups excluding carboxylic acids is 1. The Labute approximate surface area is 158 Å². The fourth-order valence-electron chi connectivity index (χ4n) is 3.24. The first-order valence-corrected chi connectivity index (χ1v) is 9.02. The molecule has 0 bridgehead atoms. The zero-order valence-corrected chi connectivity index (χ0v) is 15.9. The second kappa shape index (κ2) is 7.92. The van der Waals surface area contributed by atoms with Gasteiger partial charge in [-0.15, -0.1) is 0 Å². The highest BCUT2D eigenvalue weighted by Gasteiger charge is 2.29. The van der Waals surface area contributed by atoms with Crippen LogP contribution < -0.4 is 15.6 Å². The Morgan fingerprint density at radius 3 is 2.70 bits per heavy atom. The van der Waals surface area contributed by atoms with Gasteiger partial charge >= 0.3 is 0 Å². The lowest BCUT2D eigenvalue weighted by atomic mass is 9.94. The minimum absolute atomic E-state index is 0.0433. The number of ether oxygens (including phenoxy) is 2. The first-order chi connectivity index (χ1) is 12.9. The van der Waals surface area contributed by atoms with Crippen molar-refractivity contribution < 1.29 is 14.3 Å². The van der Waals surface area contributed by atoms with E-state index in [0.29, 0.717) is 12.3 Å². The average Bonchev–Trinajstić information content (AvgIpc) is 2.63. The van der Waals surface area contributed by atoms with Crippen LogP contribution in [0.25, 0.3) is 11.3 Å². The maximum Gasteiger partial charge on any atom is 0.267 e. The van der Waals surface area contributed by atoms with Crippen molar-refractivity contribution >= 4 is 5.91 Å². The van der Waals surface area contributed by atoms with E-state index in [1.807, 2.05) is 38.1 Å². The Hall–Kier alpha value is -2.67. The Morgan fingerprint density at radius 2 is 2.04 bits per heavy atom. The van der Waals surface area contributed by atoms with Crippen LogP contribution in [0.4, 0.5) is 0 Å². The molecule has 1 fully saturated rings. The molecule has 1 aliphatic heterocycles. The summed E-state index contributed by atoms with van der Waals surface area (Å²) in [5.74, 6) is 0.519. The summed E-state index contributed by atoms with van der Waals surface area (Å²) in [6, 6.07) is 10.5. The zero-order chi connectivity index (χ0) is 19.4. The molecule has 7 nitrogen and oxygen atoms in total. The third kappa shape index (κ3) is 4.95. The van der Waals surface area contributed by atoms with Gasteiger partial charge in [0.25, 0.3) is 5.56 Å². The Bertz CT molecular complexity index is 858. The van der Waals surface area contributed by atoms with E-state index in [9.17, 15) is 9.59 Å². The SMILES string of the molecule is COc1ccc(-c2ccc(=O)n(CC(=O)NC3CCOC(C)(C)C3)n2)cc1. The summed E-state index contributed by atoms with van der Waals surface area (Å²) in [6.45, 7) is 4.52. The normalized spacial score (nSPS) is 18.7. The molecule has 1 unspecified atom stereocenters. The van der Waals surface area contributed by atoms with Gasteiger partial charge in [-0.3, -0.25) is 9.59 Å². The smallest absolute Gasteiger partial charge is 0.267 e. The average molecular weight is 371 g/mol. The molecule has 144 valence electrons. The molecular formula is C20H25N3O4. The number of rotatable bonds is 5. The lowest BCUT2D eigenvalue weighted by molar-refractivity contribution is -0.124. The quantitative estimate of drug-likeness (QED) is 0.869. The van der Waals surface area contributed by atoms with Crippen molar-refractivity contribution in [1.29, 1.82) is 0 Å². The van der Waals surface area contributed by atoms with Crippen molar-refractivity contribution in [2.75, 3.05) is 13.7 Å². The van der Waals surface area contributed by atoms with Gasteiger partial charge in [0.1, 0.15) is 12.3 Å². The van der Waals surface area contributed by atoms with Crippen molar-refractivity contribution in [1.82, 2.24) is 15.1 Å². The van der Waals surface area contributed by atoms with Gasteiger partial charge in [0.2, 0.25) is 5.91 Å². The predicted molar refractivity (Wildman–Crippen MR) is 102 cm³/mol. The summed E-state index contributed by atoms with van der Waals surface area (Å²) >= 11 is 0. The number of nitrogens with zero attached hydrogens (tertiary/aromatic N) is 2. The molecule has 1 aromatic carbocycles. The minimum Gasteiger partial charge on any atom is -0.497 e. The Kier molecular flexibility index (Phi) is 5.60. The van der Waals surface area contributed by atoms with Crippen LogP contribution in [-0.4, -0.2) is 41.0 Å². The van der Waals surface area contributed by atoms with Gasteiger partial charge in [0.15, 0.2) is 0 Å². The van der Waals surface area contributed by atoms with E-state index < -0.39 is 0 Å². The van der Waals surface area contributed by atoms with Crippen molar-refractivity contribution in [2.24, 2.45) is 0 Å². The zero-order valence-electron chi connectivity index (χ0n) is 15.9. The van der Waals surface area contributed by atoms with Crippen LogP contribution in [0.1, 0.15) is 26.7 Å². The molecule has 1 aromatic heterocycles. The van der Waals surface area contributed by atoms with E-state index in [1.165, 1.54) is 10.7 Å². The third-order valence-electron chi connectivity index (χ3n) is 4.61. The molecule has 0 radical (unpaired) electrons. The topological polar surface area (TPSA) is 82.5 Å². The summed E-state index contributed by atoms with van der Waals surface area (Å²) in [4.78, 5) is 24.5. The minimum atomic E-state index is -0.310. The van der Waals surface area contributed by atoms with E-state index in [4.69, 9.17) is 9.47 Å². The monoisotopic (exact) mass is 371 g/mol. The second-order valence-corrected chi connectivity index (χ2v) is 7.31. The fourth-order valence-corrected chi connectivity index (χ4v) is 3.24. The molecule has 0 spiro atoms. The number of benzene rings is 1. The van der Waals surface area contributed by atoms with Crippen LogP contribution in [0.5, 0.6) is 5.75 Å². The van der Waals surface area contributed by atoms with Crippen molar-refractivity contribution in [3.8, 4) is 17.0 Å². The first-order valence-electron chi connectivity index (χ1n) is 9.02. The summed E-state index contributed by atoms with van der Waals surface area (Å²) in [5.41, 5.74) is 0.905. The highest BCUT2D eigenvalue weighted by molar-refractivity contribution is 5.76. The maximum atomic E-state index is 12.4. The third-order valence-corrected chi connectivity index (χ3v) is 4.61. The van der Waals surface area contributed by atoms with E-state index in [2.05, 4.69) is 10.4 Å². The summed E-state index contributed by atoms with van der Waals surface area (Å²) in [7, 11) is 1.60. The van der Waals surface area contributed by atoms with E-state index in [-0.39, 0.29) is 29.7 Å². The van der Waals surface area contributed by atoms with Crippen LogP contribution in [0.15, 0.2) is 41.2 Å². The van der Waals surface area contributed by atoms with Gasteiger partial charge in [-0.25, -0.2) is 4.68 Å². The van der Waals surface area contributed by atoms with Crippen molar-refractivity contribution in [3.05, 3.63) is 46.8 Å². The van der Waals surface area contributed by atoms with Gasteiger partial charge in [0.05, 0.1) is 18.4 Å².